The molecule has 0 radical (unpaired) electrons. The monoisotopic (exact) mass is 250 g/mol. The Morgan fingerprint density at radius 1 is 1.17 bits per heavy atom. The van der Waals surface area contributed by atoms with Crippen molar-refractivity contribution < 1.29 is 4.39 Å². The van der Waals surface area contributed by atoms with Crippen LogP contribution in [0.4, 0.5) is 15.8 Å². The second-order valence-corrected chi connectivity index (χ2v) is 5.44. The maximum Gasteiger partial charge on any atom is 0.127 e. The first kappa shape index (κ1) is 13.2. The van der Waals surface area contributed by atoms with Gasteiger partial charge in [0.25, 0.3) is 0 Å². The van der Waals surface area contributed by atoms with Crippen LogP contribution in [0.25, 0.3) is 0 Å². The minimum Gasteiger partial charge on any atom is -0.399 e. The molecule has 0 unspecified atom stereocenters. The third-order valence-corrected chi connectivity index (χ3v) is 4.59. The topological polar surface area (TPSA) is 29.3 Å². The van der Waals surface area contributed by atoms with Gasteiger partial charge in [0, 0.05) is 24.5 Å². The van der Waals surface area contributed by atoms with Gasteiger partial charge >= 0.3 is 0 Å². The minimum absolute atomic E-state index is 0.243. The van der Waals surface area contributed by atoms with Gasteiger partial charge in [0.05, 0.1) is 0 Å². The number of hydrogen-bond donors (Lipinski definition) is 1. The summed E-state index contributed by atoms with van der Waals surface area (Å²) >= 11 is 0. The van der Waals surface area contributed by atoms with E-state index in [1.54, 1.807) is 6.07 Å². The molecule has 0 aromatic heterocycles. The van der Waals surface area contributed by atoms with Crippen molar-refractivity contribution in [2.45, 2.75) is 39.5 Å². The number of piperidine rings is 1. The molecule has 0 atom stereocenters. The molecule has 0 bridgehead atoms. The van der Waals surface area contributed by atoms with E-state index in [2.05, 4.69) is 18.7 Å². The summed E-state index contributed by atoms with van der Waals surface area (Å²) in [5.41, 5.74) is 7.63. The molecule has 0 aliphatic carbocycles. The van der Waals surface area contributed by atoms with Crippen molar-refractivity contribution in [3.05, 3.63) is 24.0 Å². The molecule has 2 nitrogen and oxygen atoms in total. The standard InChI is InChI=1S/C15H23FN2/c1-3-15(4-2)5-7-18(8-6-15)14-10-12(16)9-13(17)11-14/h9-11H,3-8,17H2,1-2H3. The molecule has 18 heavy (non-hydrogen) atoms. The largest absolute Gasteiger partial charge is 0.399 e. The van der Waals surface area contributed by atoms with Gasteiger partial charge in [-0.1, -0.05) is 26.7 Å². The van der Waals surface area contributed by atoms with E-state index in [9.17, 15) is 4.39 Å². The first-order valence-corrected chi connectivity index (χ1v) is 6.89. The highest BCUT2D eigenvalue weighted by molar-refractivity contribution is 5.56. The number of nitrogens with zero attached hydrogens (tertiary/aromatic N) is 1. The fourth-order valence-electron chi connectivity index (χ4n) is 2.98. The van der Waals surface area contributed by atoms with E-state index in [1.807, 2.05) is 6.07 Å². The zero-order valence-corrected chi connectivity index (χ0v) is 11.4. The normalized spacial score (nSPS) is 18.9. The molecular formula is C15H23FN2. The maximum absolute atomic E-state index is 13.4. The summed E-state index contributed by atoms with van der Waals surface area (Å²) in [6, 6.07) is 4.82. The Balaban J connectivity index is 2.09. The predicted octanol–water partition coefficient (Wildman–Crippen LogP) is 3.81. The molecule has 2 N–H and O–H groups in total. The molecule has 3 heteroatoms. The summed E-state index contributed by atoms with van der Waals surface area (Å²) in [5.74, 6) is -0.243. The van der Waals surface area contributed by atoms with Gasteiger partial charge < -0.3 is 10.6 Å². The van der Waals surface area contributed by atoms with Crippen LogP contribution in [-0.4, -0.2) is 13.1 Å². The molecule has 1 saturated heterocycles. The zero-order valence-electron chi connectivity index (χ0n) is 11.4. The van der Waals surface area contributed by atoms with E-state index in [4.69, 9.17) is 5.73 Å². The van der Waals surface area contributed by atoms with Crippen LogP contribution < -0.4 is 10.6 Å². The summed E-state index contributed by atoms with van der Waals surface area (Å²) in [4.78, 5) is 2.25. The Bertz CT molecular complexity index is 383. The summed E-state index contributed by atoms with van der Waals surface area (Å²) in [6.45, 7) is 6.56. The van der Waals surface area contributed by atoms with Crippen LogP contribution in [0, 0.1) is 11.2 Å². The highest BCUT2D eigenvalue weighted by Gasteiger charge is 2.31. The molecular weight excluding hydrogens is 227 g/mol. The average Bonchev–Trinajstić information content (AvgIpc) is 2.38. The SMILES string of the molecule is CCC1(CC)CCN(c2cc(N)cc(F)c2)CC1. The van der Waals surface area contributed by atoms with Crippen molar-refractivity contribution >= 4 is 11.4 Å². The second kappa shape index (κ2) is 5.17. The lowest BCUT2D eigenvalue weighted by molar-refractivity contribution is 0.199. The minimum atomic E-state index is -0.243. The molecule has 2 rings (SSSR count). The number of nitrogen functional groups attached to an aromatic ring is 1. The first-order chi connectivity index (χ1) is 8.58. The third-order valence-electron chi connectivity index (χ3n) is 4.59. The van der Waals surface area contributed by atoms with Crippen LogP contribution >= 0.6 is 0 Å². The van der Waals surface area contributed by atoms with Gasteiger partial charge in [0.1, 0.15) is 5.82 Å². The third kappa shape index (κ3) is 2.60. The number of benzene rings is 1. The molecule has 1 fully saturated rings. The zero-order chi connectivity index (χ0) is 13.2. The first-order valence-electron chi connectivity index (χ1n) is 6.89. The van der Waals surface area contributed by atoms with Crippen molar-refractivity contribution in [3.8, 4) is 0 Å². The van der Waals surface area contributed by atoms with E-state index < -0.39 is 0 Å². The van der Waals surface area contributed by atoms with Crippen LogP contribution in [0.1, 0.15) is 39.5 Å². The van der Waals surface area contributed by atoms with Crippen LogP contribution in [0.15, 0.2) is 18.2 Å². The molecule has 0 spiro atoms. The smallest absolute Gasteiger partial charge is 0.127 e. The average molecular weight is 250 g/mol. The van der Waals surface area contributed by atoms with Crippen LogP contribution in [-0.2, 0) is 0 Å². The summed E-state index contributed by atoms with van der Waals surface area (Å²) in [7, 11) is 0. The summed E-state index contributed by atoms with van der Waals surface area (Å²) in [6.07, 6.45) is 4.86. The van der Waals surface area contributed by atoms with Crippen molar-refractivity contribution in [2.24, 2.45) is 5.41 Å². The Kier molecular flexibility index (Phi) is 3.79. The number of nitrogens with two attached hydrogens (primary N) is 1. The molecule has 1 aliphatic heterocycles. The van der Waals surface area contributed by atoms with Crippen molar-refractivity contribution in [1.82, 2.24) is 0 Å². The number of hydrogen-bond acceptors (Lipinski definition) is 2. The Labute approximate surface area is 109 Å². The van der Waals surface area contributed by atoms with E-state index >= 15 is 0 Å². The van der Waals surface area contributed by atoms with Crippen molar-refractivity contribution in [1.29, 1.82) is 0 Å². The molecule has 1 heterocycles. The van der Waals surface area contributed by atoms with Gasteiger partial charge in [-0.05, 0) is 36.5 Å². The Morgan fingerprint density at radius 2 is 1.78 bits per heavy atom. The predicted molar refractivity (Wildman–Crippen MR) is 75.3 cm³/mol. The van der Waals surface area contributed by atoms with Gasteiger partial charge in [0.2, 0.25) is 0 Å². The number of rotatable bonds is 3. The van der Waals surface area contributed by atoms with Gasteiger partial charge in [-0.25, -0.2) is 4.39 Å². The van der Waals surface area contributed by atoms with Gasteiger partial charge in [-0.2, -0.15) is 0 Å². The van der Waals surface area contributed by atoms with Gasteiger partial charge in [-0.15, -0.1) is 0 Å². The van der Waals surface area contributed by atoms with Gasteiger partial charge in [0.15, 0.2) is 0 Å². The molecule has 1 aromatic carbocycles. The van der Waals surface area contributed by atoms with Crippen LogP contribution in [0.3, 0.4) is 0 Å². The van der Waals surface area contributed by atoms with E-state index in [-0.39, 0.29) is 5.82 Å². The molecule has 1 aliphatic rings. The number of halogens is 1. The van der Waals surface area contributed by atoms with E-state index in [0.29, 0.717) is 11.1 Å². The van der Waals surface area contributed by atoms with Crippen molar-refractivity contribution in [2.75, 3.05) is 23.7 Å². The Hall–Kier alpha value is -1.25. The fourth-order valence-corrected chi connectivity index (χ4v) is 2.98. The highest BCUT2D eigenvalue weighted by atomic mass is 19.1. The molecule has 0 saturated carbocycles. The number of anilines is 2. The van der Waals surface area contributed by atoms with Crippen molar-refractivity contribution in [3.63, 3.8) is 0 Å². The van der Waals surface area contributed by atoms with E-state index in [1.165, 1.54) is 31.7 Å². The maximum atomic E-state index is 13.4. The Morgan fingerprint density at radius 3 is 2.28 bits per heavy atom. The van der Waals surface area contributed by atoms with Gasteiger partial charge in [-0.3, -0.25) is 0 Å². The summed E-state index contributed by atoms with van der Waals surface area (Å²) < 4.78 is 13.4. The lowest BCUT2D eigenvalue weighted by Gasteiger charge is -2.42. The molecule has 0 amide bonds. The quantitative estimate of drug-likeness (QED) is 0.826. The summed E-state index contributed by atoms with van der Waals surface area (Å²) in [5, 5.41) is 0. The van der Waals surface area contributed by atoms with Crippen LogP contribution in [0.2, 0.25) is 0 Å². The molecule has 100 valence electrons. The second-order valence-electron chi connectivity index (χ2n) is 5.44. The lowest BCUT2D eigenvalue weighted by Crippen LogP contribution is -2.39. The highest BCUT2D eigenvalue weighted by Crippen LogP contribution is 2.39. The lowest BCUT2D eigenvalue weighted by atomic mass is 9.74. The molecule has 1 aromatic rings. The fraction of sp³-hybridized carbons (Fsp3) is 0.600. The van der Waals surface area contributed by atoms with E-state index in [0.717, 1.165) is 18.8 Å². The van der Waals surface area contributed by atoms with Crippen LogP contribution in [0.5, 0.6) is 0 Å².